The molecule has 1 aliphatic heterocycles. The van der Waals surface area contributed by atoms with Crippen LogP contribution in [0.5, 0.6) is 0 Å². The van der Waals surface area contributed by atoms with Crippen molar-refractivity contribution in [2.75, 3.05) is 33.2 Å². The molecule has 11 heavy (non-hydrogen) atoms. The van der Waals surface area contributed by atoms with Crippen molar-refractivity contribution in [2.45, 2.75) is 6.42 Å². The Labute approximate surface area is 80.9 Å². The molecule has 0 radical (unpaired) electrons. The van der Waals surface area contributed by atoms with Gasteiger partial charge >= 0.3 is 0 Å². The lowest BCUT2D eigenvalue weighted by molar-refractivity contribution is 0.227. The van der Waals surface area contributed by atoms with Gasteiger partial charge in [-0.3, -0.25) is 4.79 Å². The van der Waals surface area contributed by atoms with Crippen LogP contribution in [-0.4, -0.2) is 46.9 Å². The number of likely N-dealkylation sites (N-methyl/N-ethyl adjacent to an activating group) is 1. The molecule has 0 aromatic rings. The minimum Gasteiger partial charge on any atom is -0.333 e. The van der Waals surface area contributed by atoms with Gasteiger partial charge < -0.3 is 9.80 Å². The first-order chi connectivity index (χ1) is 5.20. The van der Waals surface area contributed by atoms with Gasteiger partial charge in [-0.05, 0) is 20.0 Å². The minimum atomic E-state index is 0.179. The molecule has 0 aromatic heterocycles. The van der Waals surface area contributed by atoms with Crippen molar-refractivity contribution in [1.29, 1.82) is 0 Å². The zero-order valence-electron chi connectivity index (χ0n) is 6.72. The van der Waals surface area contributed by atoms with Crippen LogP contribution in [0.25, 0.3) is 0 Å². The summed E-state index contributed by atoms with van der Waals surface area (Å²) in [5.41, 5.74) is 0. The third kappa shape index (κ3) is 2.94. The first-order valence-electron chi connectivity index (χ1n) is 3.83. The average Bonchev–Trinajstić information content (AvgIpc) is 2.13. The fourth-order valence-corrected chi connectivity index (χ4v) is 1.70. The number of nitrogens with zero attached hydrogens (tertiary/aromatic N) is 2. The van der Waals surface area contributed by atoms with Crippen molar-refractivity contribution in [1.82, 2.24) is 9.80 Å². The van der Waals surface area contributed by atoms with E-state index < -0.39 is 0 Å². The van der Waals surface area contributed by atoms with Gasteiger partial charge in [-0.1, -0.05) is 0 Å². The standard InChI is InChI=1S/C7H13IN2O/c1-9-3-2-4-10(6-5-9)7(8)11/h2-6H2,1H3. The van der Waals surface area contributed by atoms with Crippen LogP contribution in [0.3, 0.4) is 0 Å². The first kappa shape index (κ1) is 9.25. The highest BCUT2D eigenvalue weighted by atomic mass is 127. The molecule has 64 valence electrons. The van der Waals surface area contributed by atoms with Crippen molar-refractivity contribution < 1.29 is 4.79 Å². The molecule has 0 unspecified atom stereocenters. The van der Waals surface area contributed by atoms with Crippen LogP contribution < -0.4 is 0 Å². The zero-order chi connectivity index (χ0) is 8.27. The van der Waals surface area contributed by atoms with Crippen LogP contribution in [0.1, 0.15) is 6.42 Å². The molecule has 0 N–H and O–H groups in total. The highest BCUT2D eigenvalue weighted by molar-refractivity contribution is 14.1. The summed E-state index contributed by atoms with van der Waals surface area (Å²) in [5, 5.41) is 0. The third-order valence-corrected chi connectivity index (χ3v) is 2.65. The molecule has 0 atom stereocenters. The van der Waals surface area contributed by atoms with Gasteiger partial charge in [0.15, 0.2) is 0 Å². The van der Waals surface area contributed by atoms with E-state index in [1.807, 2.05) is 27.5 Å². The van der Waals surface area contributed by atoms with E-state index in [4.69, 9.17) is 0 Å². The summed E-state index contributed by atoms with van der Waals surface area (Å²) < 4.78 is 0.179. The Hall–Kier alpha value is 0.160. The average molecular weight is 268 g/mol. The Morgan fingerprint density at radius 2 is 2.00 bits per heavy atom. The number of carbonyl (C=O) groups is 1. The van der Waals surface area contributed by atoms with Crippen LogP contribution in [-0.2, 0) is 0 Å². The number of hydrogen-bond acceptors (Lipinski definition) is 2. The van der Waals surface area contributed by atoms with E-state index in [1.54, 1.807) is 0 Å². The summed E-state index contributed by atoms with van der Waals surface area (Å²) in [7, 11) is 2.10. The van der Waals surface area contributed by atoms with Gasteiger partial charge in [-0.2, -0.15) is 0 Å². The monoisotopic (exact) mass is 268 g/mol. The number of carbonyl (C=O) groups excluding carboxylic acids is 1. The molecule has 1 amide bonds. The normalized spacial score (nSPS) is 21.5. The van der Waals surface area contributed by atoms with Crippen LogP contribution in [0.15, 0.2) is 0 Å². The Bertz CT molecular complexity index is 151. The van der Waals surface area contributed by atoms with Gasteiger partial charge in [0, 0.05) is 42.2 Å². The predicted molar refractivity (Wildman–Crippen MR) is 53.1 cm³/mol. The number of hydrogen-bond donors (Lipinski definition) is 0. The zero-order valence-corrected chi connectivity index (χ0v) is 8.87. The summed E-state index contributed by atoms with van der Waals surface area (Å²) in [6.07, 6.45) is 1.10. The topological polar surface area (TPSA) is 23.6 Å². The molecule has 0 saturated carbocycles. The second-order valence-electron chi connectivity index (χ2n) is 2.90. The lowest BCUT2D eigenvalue weighted by atomic mass is 10.4. The minimum absolute atomic E-state index is 0.179. The van der Waals surface area contributed by atoms with Crippen LogP contribution in [0.4, 0.5) is 4.79 Å². The summed E-state index contributed by atoms with van der Waals surface area (Å²) in [5.74, 6) is 0. The van der Waals surface area contributed by atoms with Crippen molar-refractivity contribution in [2.24, 2.45) is 0 Å². The lowest BCUT2D eigenvalue weighted by Gasteiger charge is -2.16. The van der Waals surface area contributed by atoms with Gasteiger partial charge in [0.05, 0.1) is 0 Å². The van der Waals surface area contributed by atoms with Gasteiger partial charge in [0.1, 0.15) is 0 Å². The van der Waals surface area contributed by atoms with Gasteiger partial charge in [0.25, 0.3) is 3.91 Å². The molecule has 1 fully saturated rings. The Morgan fingerprint density at radius 1 is 1.27 bits per heavy atom. The quantitative estimate of drug-likeness (QED) is 0.374. The van der Waals surface area contributed by atoms with E-state index in [9.17, 15) is 4.79 Å². The van der Waals surface area contributed by atoms with Gasteiger partial charge in [-0.15, -0.1) is 0 Å². The Balaban J connectivity index is 2.40. The molecular formula is C7H13IN2O. The SMILES string of the molecule is CN1CCCN(C(=O)I)CC1. The molecule has 0 aromatic carbocycles. The van der Waals surface area contributed by atoms with Crippen molar-refractivity contribution in [3.63, 3.8) is 0 Å². The van der Waals surface area contributed by atoms with Crippen LogP contribution >= 0.6 is 22.6 Å². The van der Waals surface area contributed by atoms with Crippen molar-refractivity contribution in [3.8, 4) is 0 Å². The molecule has 0 aliphatic carbocycles. The second kappa shape index (κ2) is 4.25. The fraction of sp³-hybridized carbons (Fsp3) is 0.857. The maximum absolute atomic E-state index is 11.0. The number of amides is 1. The maximum Gasteiger partial charge on any atom is 0.283 e. The highest BCUT2D eigenvalue weighted by Crippen LogP contribution is 2.05. The molecule has 1 saturated heterocycles. The van der Waals surface area contributed by atoms with Gasteiger partial charge in [-0.25, -0.2) is 0 Å². The molecule has 3 nitrogen and oxygen atoms in total. The smallest absolute Gasteiger partial charge is 0.283 e. The lowest BCUT2D eigenvalue weighted by Crippen LogP contribution is -2.30. The molecular weight excluding hydrogens is 255 g/mol. The summed E-state index contributed by atoms with van der Waals surface area (Å²) in [6.45, 7) is 3.93. The van der Waals surface area contributed by atoms with Gasteiger partial charge in [0.2, 0.25) is 0 Å². The van der Waals surface area contributed by atoms with E-state index in [0.717, 1.165) is 32.6 Å². The van der Waals surface area contributed by atoms with E-state index in [1.165, 1.54) is 0 Å². The van der Waals surface area contributed by atoms with E-state index in [2.05, 4.69) is 11.9 Å². The van der Waals surface area contributed by atoms with Crippen molar-refractivity contribution >= 4 is 26.5 Å². The molecule has 4 heteroatoms. The third-order valence-electron chi connectivity index (χ3n) is 1.97. The van der Waals surface area contributed by atoms with Crippen LogP contribution in [0.2, 0.25) is 0 Å². The van der Waals surface area contributed by atoms with Crippen LogP contribution in [0, 0.1) is 0 Å². The summed E-state index contributed by atoms with van der Waals surface area (Å²) in [6, 6.07) is 0. The Kier molecular flexibility index (Phi) is 3.58. The molecule has 0 bridgehead atoms. The maximum atomic E-state index is 11.0. The molecule has 1 heterocycles. The second-order valence-corrected chi connectivity index (χ2v) is 3.82. The number of rotatable bonds is 0. The predicted octanol–water partition coefficient (Wildman–Crippen LogP) is 1.18. The number of halogens is 1. The first-order valence-corrected chi connectivity index (χ1v) is 4.91. The van der Waals surface area contributed by atoms with E-state index in [-0.39, 0.29) is 3.91 Å². The van der Waals surface area contributed by atoms with Crippen molar-refractivity contribution in [3.05, 3.63) is 0 Å². The highest BCUT2D eigenvalue weighted by Gasteiger charge is 2.14. The van der Waals surface area contributed by atoms with E-state index >= 15 is 0 Å². The Morgan fingerprint density at radius 3 is 2.64 bits per heavy atom. The molecule has 0 spiro atoms. The summed E-state index contributed by atoms with van der Waals surface area (Å²) >= 11 is 1.85. The molecule has 1 aliphatic rings. The van der Waals surface area contributed by atoms with E-state index in [0.29, 0.717) is 0 Å². The molecule has 1 rings (SSSR count). The summed E-state index contributed by atoms with van der Waals surface area (Å²) in [4.78, 5) is 15.1. The largest absolute Gasteiger partial charge is 0.333 e. The fourth-order valence-electron chi connectivity index (χ4n) is 1.22.